The number of hydrogen-bond donors (Lipinski definition) is 1. The van der Waals surface area contributed by atoms with Crippen LogP contribution in [0.25, 0.3) is 10.9 Å². The lowest BCUT2D eigenvalue weighted by molar-refractivity contribution is -0.145. The fourth-order valence-corrected chi connectivity index (χ4v) is 5.24. The highest BCUT2D eigenvalue weighted by molar-refractivity contribution is 7.91. The van der Waals surface area contributed by atoms with Gasteiger partial charge in [0.15, 0.2) is 5.78 Å². The van der Waals surface area contributed by atoms with Gasteiger partial charge in [0.05, 0.1) is 5.69 Å². The molecule has 162 valence electrons. The van der Waals surface area contributed by atoms with Crippen LogP contribution >= 0.6 is 11.6 Å². The Balaban J connectivity index is 2.09. The largest absolute Gasteiger partial charge is 0.439 e. The normalized spacial score (nSPS) is 13.5. The van der Waals surface area contributed by atoms with Gasteiger partial charge in [0.1, 0.15) is 5.25 Å². The number of sulfone groups is 1. The van der Waals surface area contributed by atoms with E-state index in [4.69, 9.17) is 16.3 Å². The minimum absolute atomic E-state index is 0.0180. The van der Waals surface area contributed by atoms with Gasteiger partial charge in [0.25, 0.3) is 0 Å². The highest BCUT2D eigenvalue weighted by Gasteiger charge is 2.38. The zero-order chi connectivity index (χ0) is 22.8. The number of carbonyl (C=O) groups excluding carboxylic acids is 2. The van der Waals surface area contributed by atoms with E-state index in [-0.39, 0.29) is 17.9 Å². The van der Waals surface area contributed by atoms with Crippen LogP contribution in [0.3, 0.4) is 0 Å². The lowest BCUT2D eigenvalue weighted by Gasteiger charge is -2.22. The topological polar surface area (TPSA) is 93.3 Å². The monoisotopic (exact) mass is 459 g/mol. The first-order valence-electron chi connectivity index (χ1n) is 9.61. The maximum absolute atomic E-state index is 13.6. The summed E-state index contributed by atoms with van der Waals surface area (Å²) in [6, 6.07) is 12.9. The Bertz CT molecular complexity index is 1240. The smallest absolute Gasteiger partial charge is 0.307 e. The Hall–Kier alpha value is -2.90. The summed E-state index contributed by atoms with van der Waals surface area (Å²) in [5.41, 5.74) is 0.183. The van der Waals surface area contributed by atoms with Crippen LogP contribution in [0.5, 0.6) is 0 Å². The van der Waals surface area contributed by atoms with Gasteiger partial charge in [-0.1, -0.05) is 48.9 Å². The SMILES string of the molecule is C=CC(c1ccc(C(C)=O)cc1)S(=O)(=O)C(OC(=O)CC)c1cc2cc(Cl)ccc2[nH]1. The Morgan fingerprint density at radius 2 is 1.84 bits per heavy atom. The first kappa shape index (κ1) is 22.8. The van der Waals surface area contributed by atoms with Crippen molar-refractivity contribution in [2.24, 2.45) is 0 Å². The molecule has 3 rings (SSSR count). The number of fused-ring (bicyclic) bond motifs is 1. The number of nitrogens with one attached hydrogen (secondary N) is 1. The van der Waals surface area contributed by atoms with Crippen LogP contribution in [0.4, 0.5) is 0 Å². The molecule has 2 unspecified atom stereocenters. The highest BCUT2D eigenvalue weighted by Crippen LogP contribution is 2.37. The lowest BCUT2D eigenvalue weighted by Crippen LogP contribution is -2.24. The third-order valence-corrected chi connectivity index (χ3v) is 7.25. The highest BCUT2D eigenvalue weighted by atomic mass is 35.5. The summed E-state index contributed by atoms with van der Waals surface area (Å²) >= 11 is 6.04. The van der Waals surface area contributed by atoms with Gasteiger partial charge in [-0.3, -0.25) is 9.59 Å². The molecule has 0 saturated heterocycles. The number of esters is 1. The average Bonchev–Trinajstić information content (AvgIpc) is 3.14. The molecule has 1 heterocycles. The van der Waals surface area contributed by atoms with Crippen molar-refractivity contribution in [2.75, 3.05) is 0 Å². The van der Waals surface area contributed by atoms with Crippen molar-refractivity contribution >= 4 is 44.1 Å². The van der Waals surface area contributed by atoms with Crippen LogP contribution in [0.15, 0.2) is 61.2 Å². The summed E-state index contributed by atoms with van der Waals surface area (Å²) in [5, 5.41) is 0.0342. The molecule has 8 heteroatoms. The van der Waals surface area contributed by atoms with Crippen LogP contribution in [-0.2, 0) is 19.4 Å². The van der Waals surface area contributed by atoms with Crippen LogP contribution in [-0.4, -0.2) is 25.2 Å². The molecule has 2 atom stereocenters. The number of H-pyrrole nitrogens is 1. The van der Waals surface area contributed by atoms with Gasteiger partial charge < -0.3 is 9.72 Å². The van der Waals surface area contributed by atoms with Gasteiger partial charge in [-0.05, 0) is 36.8 Å². The standard InChI is InChI=1S/C23H22ClNO5S/c1-4-21(16-8-6-15(7-9-16)14(3)26)31(28,29)23(30-22(27)5-2)20-13-17-12-18(24)10-11-19(17)25-20/h4,6-13,21,23,25H,1,5H2,2-3H3. The molecule has 0 saturated carbocycles. The van der Waals surface area contributed by atoms with Crippen molar-refractivity contribution in [3.05, 3.63) is 83.0 Å². The van der Waals surface area contributed by atoms with Crippen molar-refractivity contribution in [3.63, 3.8) is 0 Å². The molecule has 3 aromatic rings. The van der Waals surface area contributed by atoms with Crippen LogP contribution < -0.4 is 0 Å². The molecule has 0 aliphatic carbocycles. The molecule has 0 spiro atoms. The molecule has 0 amide bonds. The fraction of sp³-hybridized carbons (Fsp3) is 0.217. The van der Waals surface area contributed by atoms with Crippen molar-refractivity contribution in [1.29, 1.82) is 0 Å². The first-order chi connectivity index (χ1) is 14.7. The lowest BCUT2D eigenvalue weighted by atomic mass is 10.1. The van der Waals surface area contributed by atoms with Gasteiger partial charge >= 0.3 is 5.97 Å². The van der Waals surface area contributed by atoms with Gasteiger partial charge in [-0.15, -0.1) is 6.58 Å². The second-order valence-electron chi connectivity index (χ2n) is 7.06. The van der Waals surface area contributed by atoms with Crippen LogP contribution in [0.2, 0.25) is 5.02 Å². The number of hydrogen-bond acceptors (Lipinski definition) is 5. The molecule has 31 heavy (non-hydrogen) atoms. The molecule has 0 aliphatic rings. The van der Waals surface area contributed by atoms with E-state index in [0.29, 0.717) is 27.1 Å². The van der Waals surface area contributed by atoms with Gasteiger partial charge in [-0.2, -0.15) is 0 Å². The summed E-state index contributed by atoms with van der Waals surface area (Å²) in [5.74, 6) is -0.781. The summed E-state index contributed by atoms with van der Waals surface area (Å²) in [4.78, 5) is 26.7. The number of carbonyl (C=O) groups is 2. The Morgan fingerprint density at radius 3 is 2.42 bits per heavy atom. The fourth-order valence-electron chi connectivity index (χ4n) is 3.26. The molecule has 0 radical (unpaired) electrons. The zero-order valence-corrected chi connectivity index (χ0v) is 18.7. The van der Waals surface area contributed by atoms with E-state index in [0.717, 1.165) is 0 Å². The van der Waals surface area contributed by atoms with Gasteiger partial charge in [0.2, 0.25) is 15.3 Å². The van der Waals surface area contributed by atoms with Gasteiger partial charge in [-0.25, -0.2) is 8.42 Å². The molecule has 1 aromatic heterocycles. The van der Waals surface area contributed by atoms with Crippen LogP contribution in [0, 0.1) is 0 Å². The maximum atomic E-state index is 13.6. The second kappa shape index (κ2) is 9.08. The summed E-state index contributed by atoms with van der Waals surface area (Å²) in [6.45, 7) is 6.69. The summed E-state index contributed by atoms with van der Waals surface area (Å²) in [6.07, 6.45) is 1.30. The molecule has 1 N–H and O–H groups in total. The zero-order valence-electron chi connectivity index (χ0n) is 17.1. The molecular weight excluding hydrogens is 438 g/mol. The van der Waals surface area contributed by atoms with E-state index in [1.54, 1.807) is 55.5 Å². The number of rotatable bonds is 8. The number of aromatic nitrogens is 1. The van der Waals surface area contributed by atoms with Crippen LogP contribution in [0.1, 0.15) is 52.6 Å². The quantitative estimate of drug-likeness (QED) is 0.279. The van der Waals surface area contributed by atoms with E-state index >= 15 is 0 Å². The Labute approximate surface area is 185 Å². The molecule has 2 aromatic carbocycles. The molecular formula is C23H22ClNO5S. The van der Waals surface area contributed by atoms with Crippen molar-refractivity contribution in [2.45, 2.75) is 31.0 Å². The van der Waals surface area contributed by atoms with Crippen molar-refractivity contribution < 1.29 is 22.7 Å². The minimum Gasteiger partial charge on any atom is -0.439 e. The first-order valence-corrected chi connectivity index (χ1v) is 11.6. The Kier molecular flexibility index (Phi) is 6.67. The third-order valence-electron chi connectivity index (χ3n) is 4.90. The van der Waals surface area contributed by atoms with E-state index in [9.17, 15) is 18.0 Å². The summed E-state index contributed by atoms with van der Waals surface area (Å²) < 4.78 is 32.6. The number of ether oxygens (including phenoxy) is 1. The average molecular weight is 460 g/mol. The van der Waals surface area contributed by atoms with Crippen molar-refractivity contribution in [3.8, 4) is 0 Å². The number of halogens is 1. The van der Waals surface area contributed by atoms with E-state index in [1.807, 2.05) is 0 Å². The maximum Gasteiger partial charge on any atom is 0.307 e. The predicted molar refractivity (Wildman–Crippen MR) is 121 cm³/mol. The number of Topliss-reactive ketones (excluding diaryl/α,β-unsaturated/α-hetero) is 1. The molecule has 0 aliphatic heterocycles. The Morgan fingerprint density at radius 1 is 1.16 bits per heavy atom. The minimum atomic E-state index is -4.13. The number of benzene rings is 2. The van der Waals surface area contributed by atoms with E-state index in [2.05, 4.69) is 11.6 Å². The number of ketones is 1. The third kappa shape index (κ3) is 4.73. The van der Waals surface area contributed by atoms with Crippen molar-refractivity contribution in [1.82, 2.24) is 4.98 Å². The second-order valence-corrected chi connectivity index (χ2v) is 9.61. The molecule has 0 fully saturated rings. The summed E-state index contributed by atoms with van der Waals surface area (Å²) in [7, 11) is -4.13. The molecule has 0 bridgehead atoms. The van der Waals surface area contributed by atoms with E-state index in [1.165, 1.54) is 13.0 Å². The number of aromatic amines is 1. The predicted octanol–water partition coefficient (Wildman–Crippen LogP) is 5.32. The van der Waals surface area contributed by atoms with E-state index < -0.39 is 26.5 Å². The van der Waals surface area contributed by atoms with Gasteiger partial charge in [0, 0.05) is 27.9 Å². The molecule has 6 nitrogen and oxygen atoms in total.